The first-order valence-corrected chi connectivity index (χ1v) is 9.26. The number of nitrogens with zero attached hydrogens (tertiary/aromatic N) is 2. The van der Waals surface area contributed by atoms with E-state index in [2.05, 4.69) is 20.9 Å². The molecular weight excluding hydrogens is 392 g/mol. The number of carboxylic acids is 1. The van der Waals surface area contributed by atoms with Crippen molar-refractivity contribution < 1.29 is 27.9 Å². The Balaban J connectivity index is 2.20. The fourth-order valence-electron chi connectivity index (χ4n) is 2.17. The first-order chi connectivity index (χ1) is 10.5. The van der Waals surface area contributed by atoms with Gasteiger partial charge < -0.3 is 9.84 Å². The molecule has 23 heavy (non-hydrogen) atoms. The lowest BCUT2D eigenvalue weighted by atomic mass is 10.0. The Bertz CT molecular complexity index is 735. The Kier molecular flexibility index (Phi) is 4.67. The molecule has 2 heterocycles. The zero-order valence-electron chi connectivity index (χ0n) is 12.4. The number of halogens is 1. The molecule has 0 radical (unpaired) electrons. The van der Waals surface area contributed by atoms with Crippen LogP contribution in [0.25, 0.3) is 0 Å². The van der Waals surface area contributed by atoms with E-state index in [1.54, 1.807) is 12.1 Å². The average Bonchev–Trinajstić information content (AvgIpc) is 2.78. The molecule has 1 saturated heterocycles. The minimum atomic E-state index is -3.89. The van der Waals surface area contributed by atoms with Crippen molar-refractivity contribution in [2.45, 2.75) is 24.2 Å². The first kappa shape index (κ1) is 17.7. The van der Waals surface area contributed by atoms with Gasteiger partial charge in [0.25, 0.3) is 0 Å². The number of carbonyl (C=O) groups is 2. The third-order valence-electron chi connectivity index (χ3n) is 3.75. The van der Waals surface area contributed by atoms with Crippen LogP contribution in [-0.4, -0.2) is 54.2 Å². The number of aromatic nitrogens is 1. The number of ether oxygens (including phenoxy) is 1. The second-order valence-electron chi connectivity index (χ2n) is 5.46. The van der Waals surface area contributed by atoms with E-state index < -0.39 is 32.8 Å². The Morgan fingerprint density at radius 3 is 2.70 bits per heavy atom. The van der Waals surface area contributed by atoms with Crippen molar-refractivity contribution in [2.24, 2.45) is 0 Å². The number of sulfone groups is 1. The van der Waals surface area contributed by atoms with Crippen molar-refractivity contribution in [3.8, 4) is 0 Å². The average molecular weight is 407 g/mol. The summed E-state index contributed by atoms with van der Waals surface area (Å²) in [6.45, 7) is 1.14. The number of carboxylic acid groups (broad SMARTS) is 1. The predicted molar refractivity (Wildman–Crippen MR) is 85.1 cm³/mol. The summed E-state index contributed by atoms with van der Waals surface area (Å²) < 4.78 is 27.4. The van der Waals surface area contributed by atoms with Crippen LogP contribution in [0.2, 0.25) is 0 Å². The number of hydrogen-bond donors (Lipinski definition) is 1. The molecule has 1 fully saturated rings. The van der Waals surface area contributed by atoms with E-state index in [9.17, 15) is 23.1 Å². The molecule has 1 aromatic rings. The van der Waals surface area contributed by atoms with Crippen LogP contribution >= 0.6 is 15.9 Å². The van der Waals surface area contributed by atoms with E-state index in [1.165, 1.54) is 11.1 Å². The maximum absolute atomic E-state index is 11.9. The number of amides is 1. The van der Waals surface area contributed by atoms with Crippen molar-refractivity contribution in [1.82, 2.24) is 4.98 Å². The first-order valence-electron chi connectivity index (χ1n) is 6.57. The molecule has 0 aromatic carbocycles. The minimum Gasteiger partial charge on any atom is -0.480 e. The fourth-order valence-corrected chi connectivity index (χ4v) is 3.21. The largest absolute Gasteiger partial charge is 0.480 e. The molecule has 1 aliphatic heterocycles. The smallest absolute Gasteiger partial charge is 0.415 e. The van der Waals surface area contributed by atoms with Crippen molar-refractivity contribution in [3.05, 3.63) is 22.8 Å². The van der Waals surface area contributed by atoms with Crippen LogP contribution in [0, 0.1) is 0 Å². The van der Waals surface area contributed by atoms with Crippen LogP contribution in [0.4, 0.5) is 10.6 Å². The maximum atomic E-state index is 11.9. The number of aliphatic carboxylic acids is 1. The maximum Gasteiger partial charge on any atom is 0.415 e. The predicted octanol–water partition coefficient (Wildman–Crippen LogP) is 1.45. The van der Waals surface area contributed by atoms with Crippen LogP contribution < -0.4 is 4.90 Å². The lowest BCUT2D eigenvalue weighted by Gasteiger charge is -2.24. The second kappa shape index (κ2) is 6.08. The molecule has 126 valence electrons. The van der Waals surface area contributed by atoms with Gasteiger partial charge in [-0.1, -0.05) is 0 Å². The zero-order valence-corrected chi connectivity index (χ0v) is 14.8. The highest BCUT2D eigenvalue weighted by molar-refractivity contribution is 9.10. The molecule has 0 saturated carbocycles. The van der Waals surface area contributed by atoms with Gasteiger partial charge >= 0.3 is 12.1 Å². The molecule has 0 spiro atoms. The molecule has 1 amide bonds. The highest BCUT2D eigenvalue weighted by Crippen LogP contribution is 2.29. The Hall–Kier alpha value is -1.68. The Morgan fingerprint density at radius 1 is 1.57 bits per heavy atom. The molecule has 2 rings (SSSR count). The topological polar surface area (TPSA) is 114 Å². The summed E-state index contributed by atoms with van der Waals surface area (Å²) in [5, 5.41) is 9.26. The number of anilines is 1. The summed E-state index contributed by atoms with van der Waals surface area (Å²) in [5.74, 6) is -1.13. The van der Waals surface area contributed by atoms with Crippen molar-refractivity contribution in [3.63, 3.8) is 0 Å². The van der Waals surface area contributed by atoms with Crippen LogP contribution in [0.5, 0.6) is 0 Å². The van der Waals surface area contributed by atoms with Gasteiger partial charge in [-0.05, 0) is 35.0 Å². The second-order valence-corrected chi connectivity index (χ2v) is 8.82. The highest BCUT2D eigenvalue weighted by atomic mass is 79.9. The number of carbonyl (C=O) groups excluding carboxylic acids is 1. The van der Waals surface area contributed by atoms with E-state index in [0.29, 0.717) is 5.82 Å². The van der Waals surface area contributed by atoms with Gasteiger partial charge in [-0.2, -0.15) is 0 Å². The van der Waals surface area contributed by atoms with Gasteiger partial charge in [-0.3, -0.25) is 9.69 Å². The number of hydrogen-bond acceptors (Lipinski definition) is 6. The van der Waals surface area contributed by atoms with Gasteiger partial charge in [0, 0.05) is 23.3 Å². The van der Waals surface area contributed by atoms with E-state index >= 15 is 0 Å². The number of rotatable bonds is 5. The molecule has 1 N–H and O–H groups in total. The monoisotopic (exact) mass is 406 g/mol. The van der Waals surface area contributed by atoms with Crippen LogP contribution in [0.15, 0.2) is 22.8 Å². The van der Waals surface area contributed by atoms with Gasteiger partial charge in [0.1, 0.15) is 11.9 Å². The van der Waals surface area contributed by atoms with E-state index in [-0.39, 0.29) is 13.0 Å². The fraction of sp³-hybridized carbons (Fsp3) is 0.462. The van der Waals surface area contributed by atoms with Crippen molar-refractivity contribution >= 4 is 43.6 Å². The molecule has 2 atom stereocenters. The summed E-state index contributed by atoms with van der Waals surface area (Å²) in [7, 11) is -3.89. The van der Waals surface area contributed by atoms with E-state index in [1.807, 2.05) is 0 Å². The highest BCUT2D eigenvalue weighted by Gasteiger charge is 2.48. The van der Waals surface area contributed by atoms with Gasteiger partial charge in [0.2, 0.25) is 0 Å². The van der Waals surface area contributed by atoms with Gasteiger partial charge in [-0.15, -0.1) is 0 Å². The molecule has 10 heteroatoms. The van der Waals surface area contributed by atoms with E-state index in [0.717, 1.165) is 17.7 Å². The standard InChI is InChI=1S/C13H15BrN2O6S/c1-13(11(17)18,23(2,20)21)5-9-7-16(12(19)22-9)10-4-3-8(14)6-15-10/h3-4,6,9H,5,7H2,1-2H3,(H,17,18)/t9-,13?/m0/s1. The lowest BCUT2D eigenvalue weighted by molar-refractivity contribution is -0.140. The number of pyridine rings is 1. The molecule has 1 aromatic heterocycles. The quantitative estimate of drug-likeness (QED) is 0.786. The molecule has 0 bridgehead atoms. The summed E-state index contributed by atoms with van der Waals surface area (Å²) in [5.41, 5.74) is 0. The van der Waals surface area contributed by atoms with Gasteiger partial charge in [0.05, 0.1) is 6.54 Å². The normalized spacial score (nSPS) is 20.9. The molecule has 1 unspecified atom stereocenters. The minimum absolute atomic E-state index is 0.0336. The zero-order chi connectivity index (χ0) is 17.4. The summed E-state index contributed by atoms with van der Waals surface area (Å²) >= 11 is 3.23. The molecule has 1 aliphatic rings. The van der Waals surface area contributed by atoms with Gasteiger partial charge in [0.15, 0.2) is 14.6 Å². The molecule has 0 aliphatic carbocycles. The van der Waals surface area contributed by atoms with Crippen molar-refractivity contribution in [1.29, 1.82) is 0 Å². The lowest BCUT2D eigenvalue weighted by Crippen LogP contribution is -2.46. The van der Waals surface area contributed by atoms with Crippen LogP contribution in [-0.2, 0) is 19.4 Å². The van der Waals surface area contributed by atoms with E-state index in [4.69, 9.17) is 4.74 Å². The summed E-state index contributed by atoms with van der Waals surface area (Å²) in [6.07, 6.45) is 0.481. The van der Waals surface area contributed by atoms with Crippen LogP contribution in [0.1, 0.15) is 13.3 Å². The third-order valence-corrected chi connectivity index (χ3v) is 6.20. The third kappa shape index (κ3) is 3.47. The summed E-state index contributed by atoms with van der Waals surface area (Å²) in [4.78, 5) is 28.6. The Morgan fingerprint density at radius 2 is 2.22 bits per heavy atom. The van der Waals surface area contributed by atoms with Gasteiger partial charge in [-0.25, -0.2) is 18.2 Å². The molecule has 8 nitrogen and oxygen atoms in total. The number of cyclic esters (lactones) is 1. The van der Waals surface area contributed by atoms with Crippen molar-refractivity contribution in [2.75, 3.05) is 17.7 Å². The van der Waals surface area contributed by atoms with Crippen LogP contribution in [0.3, 0.4) is 0 Å². The Labute approximate surface area is 141 Å². The summed E-state index contributed by atoms with van der Waals surface area (Å²) in [6, 6.07) is 3.29. The SMILES string of the molecule is CC(C[C@H]1CN(c2ccc(Br)cn2)C(=O)O1)(C(=O)O)S(C)(=O)=O. The molecular formula is C13H15BrN2O6S.